The number of aliphatic hydroxyl groups is 2. The van der Waals surface area contributed by atoms with Gasteiger partial charge in [0.05, 0.1) is 11.7 Å². The fourth-order valence-electron chi connectivity index (χ4n) is 10.1. The van der Waals surface area contributed by atoms with E-state index in [4.69, 9.17) is 0 Å². The van der Waals surface area contributed by atoms with Gasteiger partial charge in [0.15, 0.2) is 0 Å². The Morgan fingerprint density at radius 2 is 1.65 bits per heavy atom. The average molecular weight is 431 g/mol. The van der Waals surface area contributed by atoms with Gasteiger partial charge in [-0.2, -0.15) is 0 Å². The maximum atomic E-state index is 11.1. The van der Waals surface area contributed by atoms with E-state index in [2.05, 4.69) is 34.6 Å². The molecule has 0 radical (unpaired) electrons. The van der Waals surface area contributed by atoms with Crippen molar-refractivity contribution in [1.29, 1.82) is 0 Å². The molecular weight excluding hydrogens is 380 g/mol. The molecule has 0 aromatic rings. The summed E-state index contributed by atoms with van der Waals surface area (Å²) < 4.78 is 0. The Labute approximate surface area is 192 Å². The zero-order valence-electron chi connectivity index (χ0n) is 21.1. The highest BCUT2D eigenvalue weighted by Gasteiger charge is 2.61. The molecule has 2 heteroatoms. The van der Waals surface area contributed by atoms with Crippen LogP contribution < -0.4 is 0 Å². The predicted octanol–water partition coefficient (Wildman–Crippen LogP) is 6.83. The summed E-state index contributed by atoms with van der Waals surface area (Å²) in [4.78, 5) is 0. The molecule has 5 fully saturated rings. The lowest BCUT2D eigenvalue weighted by Gasteiger charge is -2.62. The zero-order chi connectivity index (χ0) is 22.2. The van der Waals surface area contributed by atoms with E-state index in [9.17, 15) is 10.2 Å². The standard InChI is InChI=1S/C29H50O2/c1-6-29(31)14-13-27(4)21(17-29)7-8-22-24-10-9-23(28(24,5)12-11-25(22)27)19(3)26(30)16-20-15-18(20)2/h18-26,30-31H,6-17H2,1-5H3/t18-,19-,20+,21+,22-,23+,24-,25-,26+,27-,28+,29-/m0/s1. The summed E-state index contributed by atoms with van der Waals surface area (Å²) in [5, 5.41) is 22.1. The molecule has 0 saturated heterocycles. The second-order valence-electron chi connectivity index (χ2n) is 13.8. The fraction of sp³-hybridized carbons (Fsp3) is 1.00. The average Bonchev–Trinajstić information content (AvgIpc) is 3.30. The van der Waals surface area contributed by atoms with Gasteiger partial charge < -0.3 is 10.2 Å². The summed E-state index contributed by atoms with van der Waals surface area (Å²) in [7, 11) is 0. The van der Waals surface area contributed by atoms with Crippen molar-refractivity contribution in [2.24, 2.45) is 58.2 Å². The highest BCUT2D eigenvalue weighted by Crippen LogP contribution is 2.69. The smallest absolute Gasteiger partial charge is 0.0648 e. The molecule has 0 bridgehead atoms. The van der Waals surface area contributed by atoms with E-state index >= 15 is 0 Å². The van der Waals surface area contributed by atoms with Crippen molar-refractivity contribution in [3.63, 3.8) is 0 Å². The van der Waals surface area contributed by atoms with Crippen molar-refractivity contribution in [2.75, 3.05) is 0 Å². The van der Waals surface area contributed by atoms with E-state index in [-0.39, 0.29) is 11.7 Å². The van der Waals surface area contributed by atoms with Crippen molar-refractivity contribution in [3.8, 4) is 0 Å². The topological polar surface area (TPSA) is 40.5 Å². The van der Waals surface area contributed by atoms with Gasteiger partial charge in [-0.3, -0.25) is 0 Å². The van der Waals surface area contributed by atoms with Gasteiger partial charge in [-0.25, -0.2) is 0 Å². The highest BCUT2D eigenvalue weighted by molar-refractivity contribution is 5.11. The number of hydrogen-bond acceptors (Lipinski definition) is 2. The van der Waals surface area contributed by atoms with Crippen molar-refractivity contribution < 1.29 is 10.2 Å². The molecule has 0 aromatic carbocycles. The minimum Gasteiger partial charge on any atom is -0.393 e. The van der Waals surface area contributed by atoms with Gasteiger partial charge in [0, 0.05) is 0 Å². The van der Waals surface area contributed by atoms with Crippen LogP contribution in [0.1, 0.15) is 112 Å². The monoisotopic (exact) mass is 430 g/mol. The molecule has 31 heavy (non-hydrogen) atoms. The van der Waals surface area contributed by atoms with Gasteiger partial charge in [0.2, 0.25) is 0 Å². The van der Waals surface area contributed by atoms with Gasteiger partial charge in [-0.1, -0.05) is 34.6 Å². The van der Waals surface area contributed by atoms with Gasteiger partial charge in [-0.05, 0) is 135 Å². The summed E-state index contributed by atoms with van der Waals surface area (Å²) in [6.45, 7) is 12.1. The Morgan fingerprint density at radius 3 is 2.32 bits per heavy atom. The molecule has 0 spiro atoms. The summed E-state index contributed by atoms with van der Waals surface area (Å²) in [6.07, 6.45) is 14.8. The molecule has 0 amide bonds. The summed E-state index contributed by atoms with van der Waals surface area (Å²) >= 11 is 0. The van der Waals surface area contributed by atoms with E-state index in [0.717, 1.165) is 61.2 Å². The third-order valence-electron chi connectivity index (χ3n) is 12.6. The molecule has 0 aliphatic heterocycles. The first-order valence-corrected chi connectivity index (χ1v) is 14.0. The first kappa shape index (κ1) is 22.7. The zero-order valence-corrected chi connectivity index (χ0v) is 21.1. The number of fused-ring (bicyclic) bond motifs is 5. The van der Waals surface area contributed by atoms with Crippen LogP contribution in [0.2, 0.25) is 0 Å². The third-order valence-corrected chi connectivity index (χ3v) is 12.6. The second kappa shape index (κ2) is 7.72. The van der Waals surface area contributed by atoms with E-state index < -0.39 is 0 Å². The Kier molecular flexibility index (Phi) is 5.66. The minimum absolute atomic E-state index is 0.0911. The van der Waals surface area contributed by atoms with Crippen LogP contribution in [0.4, 0.5) is 0 Å². The maximum absolute atomic E-state index is 11.1. The van der Waals surface area contributed by atoms with E-state index in [1.54, 1.807) is 0 Å². The molecule has 0 heterocycles. The van der Waals surface area contributed by atoms with Gasteiger partial charge in [-0.15, -0.1) is 0 Å². The predicted molar refractivity (Wildman–Crippen MR) is 128 cm³/mol. The Balaban J connectivity index is 1.31. The van der Waals surface area contributed by atoms with Crippen LogP contribution in [-0.2, 0) is 0 Å². The summed E-state index contributed by atoms with van der Waals surface area (Å²) in [5.74, 6) is 6.18. The van der Waals surface area contributed by atoms with Crippen LogP contribution in [0, 0.1) is 58.2 Å². The third kappa shape index (κ3) is 3.56. The molecule has 178 valence electrons. The molecule has 5 rings (SSSR count). The van der Waals surface area contributed by atoms with Crippen LogP contribution in [-0.4, -0.2) is 21.9 Å². The normalized spacial score (nSPS) is 55.6. The Morgan fingerprint density at radius 1 is 0.935 bits per heavy atom. The second-order valence-corrected chi connectivity index (χ2v) is 13.8. The van der Waals surface area contributed by atoms with Crippen LogP contribution in [0.25, 0.3) is 0 Å². The number of hydrogen-bond donors (Lipinski definition) is 2. The fourth-order valence-corrected chi connectivity index (χ4v) is 10.1. The molecule has 12 atom stereocenters. The van der Waals surface area contributed by atoms with Crippen molar-refractivity contribution in [2.45, 2.75) is 123 Å². The van der Waals surface area contributed by atoms with Crippen LogP contribution in [0.5, 0.6) is 0 Å². The largest absolute Gasteiger partial charge is 0.393 e. The quantitative estimate of drug-likeness (QED) is 0.502. The van der Waals surface area contributed by atoms with Crippen LogP contribution >= 0.6 is 0 Å². The highest BCUT2D eigenvalue weighted by atomic mass is 16.3. The Bertz CT molecular complexity index is 676. The summed E-state index contributed by atoms with van der Waals surface area (Å²) in [5.41, 5.74) is 0.513. The van der Waals surface area contributed by atoms with E-state index in [1.807, 2.05) is 0 Å². The van der Waals surface area contributed by atoms with Crippen molar-refractivity contribution >= 4 is 0 Å². The molecule has 5 aliphatic rings. The van der Waals surface area contributed by atoms with Crippen molar-refractivity contribution in [1.82, 2.24) is 0 Å². The Hall–Kier alpha value is -0.0800. The number of rotatable bonds is 5. The SMILES string of the molecule is CC[C@]1(O)CC[C@@]2(C)[C@H](CC[C@@H]3[C@@H]2CC[C@]2(C)[C@@H]([C@H](C)[C@H](O)C[C@H]4C[C@@H]4C)CC[C@@H]32)C1. The van der Waals surface area contributed by atoms with E-state index in [0.29, 0.717) is 22.7 Å². The van der Waals surface area contributed by atoms with Gasteiger partial charge in [0.1, 0.15) is 0 Å². The van der Waals surface area contributed by atoms with Crippen LogP contribution in [0.3, 0.4) is 0 Å². The molecule has 0 aromatic heterocycles. The molecule has 5 saturated carbocycles. The molecule has 2 nitrogen and oxygen atoms in total. The maximum Gasteiger partial charge on any atom is 0.0648 e. The molecule has 2 N–H and O–H groups in total. The minimum atomic E-state index is -0.386. The first-order valence-electron chi connectivity index (χ1n) is 14.0. The van der Waals surface area contributed by atoms with Gasteiger partial charge >= 0.3 is 0 Å². The molecule has 5 aliphatic carbocycles. The molecule has 0 unspecified atom stereocenters. The summed E-state index contributed by atoms with van der Waals surface area (Å²) in [6, 6.07) is 0. The lowest BCUT2D eigenvalue weighted by atomic mass is 9.43. The number of aliphatic hydroxyl groups excluding tert-OH is 1. The van der Waals surface area contributed by atoms with Crippen molar-refractivity contribution in [3.05, 3.63) is 0 Å². The lowest BCUT2D eigenvalue weighted by molar-refractivity contribution is -0.154. The van der Waals surface area contributed by atoms with E-state index in [1.165, 1.54) is 51.4 Å². The molecular formula is C29H50O2. The van der Waals surface area contributed by atoms with Crippen LogP contribution in [0.15, 0.2) is 0 Å². The lowest BCUT2D eigenvalue weighted by Crippen LogP contribution is -2.56. The van der Waals surface area contributed by atoms with Gasteiger partial charge in [0.25, 0.3) is 0 Å². The first-order chi connectivity index (χ1) is 14.6.